The lowest BCUT2D eigenvalue weighted by atomic mass is 9.93. The number of hydrogen-bond acceptors (Lipinski definition) is 2. The van der Waals surface area contributed by atoms with Gasteiger partial charge in [0.25, 0.3) is 0 Å². The number of halogens is 2. The van der Waals surface area contributed by atoms with Crippen molar-refractivity contribution in [2.45, 2.75) is 31.3 Å². The molecule has 0 bridgehead atoms. The Balaban J connectivity index is 2.44. The van der Waals surface area contributed by atoms with Crippen molar-refractivity contribution in [1.29, 1.82) is 0 Å². The van der Waals surface area contributed by atoms with Gasteiger partial charge in [0.05, 0.1) is 11.8 Å². The zero-order valence-corrected chi connectivity index (χ0v) is 9.22. The summed E-state index contributed by atoms with van der Waals surface area (Å²) in [6, 6.07) is 1.57. The summed E-state index contributed by atoms with van der Waals surface area (Å²) in [5.74, 6) is -0.419. The van der Waals surface area contributed by atoms with Crippen LogP contribution in [0.3, 0.4) is 0 Å². The Kier molecular flexibility index (Phi) is 2.58. The normalized spacial score (nSPS) is 19.9. The minimum atomic E-state index is -0.977. The van der Waals surface area contributed by atoms with Crippen LogP contribution in [0.4, 0.5) is 4.39 Å². The molecule has 76 valence electrons. The first-order chi connectivity index (χ1) is 6.62. The summed E-state index contributed by atoms with van der Waals surface area (Å²) >= 11 is 3.18. The fraction of sp³-hybridized carbons (Fsp3) is 0.500. The largest absolute Gasteiger partial charge is 0.385 e. The van der Waals surface area contributed by atoms with Crippen molar-refractivity contribution in [2.75, 3.05) is 0 Å². The molecule has 1 aromatic heterocycles. The van der Waals surface area contributed by atoms with Crippen LogP contribution >= 0.6 is 15.9 Å². The van der Waals surface area contributed by atoms with E-state index in [1.165, 1.54) is 0 Å². The summed E-state index contributed by atoms with van der Waals surface area (Å²) in [4.78, 5) is 3.77. The molecule has 0 saturated heterocycles. The Morgan fingerprint density at radius 1 is 1.43 bits per heavy atom. The van der Waals surface area contributed by atoms with Crippen LogP contribution in [-0.2, 0) is 5.60 Å². The van der Waals surface area contributed by atoms with E-state index >= 15 is 0 Å². The smallest absolute Gasteiger partial charge is 0.147 e. The van der Waals surface area contributed by atoms with Gasteiger partial charge in [-0.1, -0.05) is 12.8 Å². The van der Waals surface area contributed by atoms with Crippen molar-refractivity contribution >= 4 is 15.9 Å². The lowest BCUT2D eigenvalue weighted by Gasteiger charge is -2.22. The van der Waals surface area contributed by atoms with E-state index in [0.717, 1.165) is 19.0 Å². The molecule has 1 aromatic rings. The van der Waals surface area contributed by atoms with Crippen molar-refractivity contribution in [3.8, 4) is 0 Å². The average Bonchev–Trinajstić information content (AvgIpc) is 2.58. The van der Waals surface area contributed by atoms with Gasteiger partial charge in [-0.2, -0.15) is 0 Å². The fourth-order valence-electron chi connectivity index (χ4n) is 2.00. The lowest BCUT2D eigenvalue weighted by molar-refractivity contribution is 0.0405. The van der Waals surface area contributed by atoms with Gasteiger partial charge < -0.3 is 5.11 Å². The third-order valence-electron chi connectivity index (χ3n) is 2.75. The maximum atomic E-state index is 13.4. The van der Waals surface area contributed by atoms with Crippen molar-refractivity contribution < 1.29 is 9.50 Å². The van der Waals surface area contributed by atoms with Crippen molar-refractivity contribution in [2.24, 2.45) is 0 Å². The van der Waals surface area contributed by atoms with Gasteiger partial charge in [0.2, 0.25) is 0 Å². The topological polar surface area (TPSA) is 33.1 Å². The molecule has 0 aromatic carbocycles. The predicted molar refractivity (Wildman–Crippen MR) is 54.3 cm³/mol. The highest BCUT2D eigenvalue weighted by Crippen LogP contribution is 2.39. The first kappa shape index (κ1) is 10.1. The highest BCUT2D eigenvalue weighted by atomic mass is 79.9. The Morgan fingerprint density at radius 2 is 2.07 bits per heavy atom. The molecule has 1 heterocycles. The molecule has 1 aliphatic carbocycles. The number of pyridine rings is 1. The van der Waals surface area contributed by atoms with Gasteiger partial charge in [0.15, 0.2) is 0 Å². The molecule has 2 nitrogen and oxygen atoms in total. The van der Waals surface area contributed by atoms with E-state index in [4.69, 9.17) is 0 Å². The highest BCUT2D eigenvalue weighted by molar-refractivity contribution is 9.10. The van der Waals surface area contributed by atoms with Crippen LogP contribution in [0.1, 0.15) is 31.2 Å². The van der Waals surface area contributed by atoms with Crippen LogP contribution in [0.5, 0.6) is 0 Å². The predicted octanol–water partition coefficient (Wildman–Crippen LogP) is 2.74. The molecule has 0 spiro atoms. The Hall–Kier alpha value is -0.480. The summed E-state index contributed by atoms with van der Waals surface area (Å²) in [5, 5.41) is 10.2. The van der Waals surface area contributed by atoms with Crippen molar-refractivity contribution in [3.05, 3.63) is 28.2 Å². The van der Waals surface area contributed by atoms with Gasteiger partial charge in [-0.05, 0) is 34.8 Å². The van der Waals surface area contributed by atoms with E-state index in [-0.39, 0.29) is 0 Å². The molecule has 0 amide bonds. The average molecular weight is 260 g/mol. The van der Waals surface area contributed by atoms with E-state index in [2.05, 4.69) is 20.9 Å². The van der Waals surface area contributed by atoms with E-state index in [0.29, 0.717) is 23.0 Å². The van der Waals surface area contributed by atoms with Crippen LogP contribution in [0.25, 0.3) is 0 Å². The SMILES string of the molecule is OC1(c2cc(Br)ncc2F)CCCC1. The second-order valence-corrected chi connectivity index (χ2v) is 4.54. The van der Waals surface area contributed by atoms with Crippen LogP contribution in [0.2, 0.25) is 0 Å². The molecular formula is C10H11BrFNO. The summed E-state index contributed by atoms with van der Waals surface area (Å²) in [6.45, 7) is 0. The quantitative estimate of drug-likeness (QED) is 0.787. The van der Waals surface area contributed by atoms with Crippen LogP contribution < -0.4 is 0 Å². The van der Waals surface area contributed by atoms with Gasteiger partial charge in [0, 0.05) is 5.56 Å². The fourth-order valence-corrected chi connectivity index (χ4v) is 2.33. The third kappa shape index (κ3) is 1.68. The van der Waals surface area contributed by atoms with Crippen LogP contribution in [-0.4, -0.2) is 10.1 Å². The summed E-state index contributed by atoms with van der Waals surface area (Å²) < 4.78 is 14.0. The highest BCUT2D eigenvalue weighted by Gasteiger charge is 2.35. The first-order valence-electron chi connectivity index (χ1n) is 4.66. The first-order valence-corrected chi connectivity index (χ1v) is 5.45. The Morgan fingerprint density at radius 3 is 2.71 bits per heavy atom. The standard InChI is InChI=1S/C10H11BrFNO/c11-9-5-7(8(12)6-13-9)10(14)3-1-2-4-10/h5-6,14H,1-4H2. The maximum absolute atomic E-state index is 13.4. The number of hydrogen-bond donors (Lipinski definition) is 1. The Bertz CT molecular complexity index is 350. The van der Waals surface area contributed by atoms with Crippen LogP contribution in [0, 0.1) is 5.82 Å². The third-order valence-corrected chi connectivity index (χ3v) is 3.19. The van der Waals surface area contributed by atoms with E-state index in [1.807, 2.05) is 0 Å². The molecular weight excluding hydrogens is 249 g/mol. The molecule has 0 unspecified atom stereocenters. The second-order valence-electron chi connectivity index (χ2n) is 3.73. The van der Waals surface area contributed by atoms with E-state index < -0.39 is 11.4 Å². The molecule has 2 rings (SSSR count). The van der Waals surface area contributed by atoms with Gasteiger partial charge in [0.1, 0.15) is 10.4 Å². The Labute approximate surface area is 90.3 Å². The van der Waals surface area contributed by atoms with Gasteiger partial charge >= 0.3 is 0 Å². The minimum Gasteiger partial charge on any atom is -0.385 e. The molecule has 1 fully saturated rings. The number of nitrogens with zero attached hydrogens (tertiary/aromatic N) is 1. The van der Waals surface area contributed by atoms with Gasteiger partial charge in [-0.25, -0.2) is 9.37 Å². The minimum absolute atomic E-state index is 0.372. The molecule has 1 saturated carbocycles. The van der Waals surface area contributed by atoms with E-state index in [9.17, 15) is 9.50 Å². The summed E-state index contributed by atoms with van der Waals surface area (Å²) in [5.41, 5.74) is -0.605. The number of aliphatic hydroxyl groups is 1. The zero-order chi connectivity index (χ0) is 10.2. The molecule has 0 atom stereocenters. The van der Waals surface area contributed by atoms with Crippen molar-refractivity contribution in [1.82, 2.24) is 4.98 Å². The maximum Gasteiger partial charge on any atom is 0.147 e. The molecule has 14 heavy (non-hydrogen) atoms. The molecule has 1 aliphatic rings. The summed E-state index contributed by atoms with van der Waals surface area (Å²) in [7, 11) is 0. The van der Waals surface area contributed by atoms with E-state index in [1.54, 1.807) is 6.07 Å². The summed E-state index contributed by atoms with van der Waals surface area (Å²) in [6.07, 6.45) is 4.34. The molecule has 0 radical (unpaired) electrons. The van der Waals surface area contributed by atoms with Crippen molar-refractivity contribution in [3.63, 3.8) is 0 Å². The molecule has 4 heteroatoms. The number of rotatable bonds is 1. The zero-order valence-electron chi connectivity index (χ0n) is 7.63. The molecule has 0 aliphatic heterocycles. The second kappa shape index (κ2) is 3.59. The van der Waals surface area contributed by atoms with Gasteiger partial charge in [-0.3, -0.25) is 0 Å². The monoisotopic (exact) mass is 259 g/mol. The number of aromatic nitrogens is 1. The lowest BCUT2D eigenvalue weighted by Crippen LogP contribution is -2.22. The van der Waals surface area contributed by atoms with Crippen LogP contribution in [0.15, 0.2) is 16.9 Å². The molecule has 1 N–H and O–H groups in total. The van der Waals surface area contributed by atoms with Gasteiger partial charge in [-0.15, -0.1) is 0 Å².